The Bertz CT molecular complexity index is 619. The average Bonchev–Trinajstić information content (AvgIpc) is 2.27. The summed E-state index contributed by atoms with van der Waals surface area (Å²) in [5, 5.41) is 0. The van der Waals surface area contributed by atoms with Crippen molar-refractivity contribution in [3.63, 3.8) is 0 Å². The van der Waals surface area contributed by atoms with Crippen LogP contribution in [-0.4, -0.2) is 19.9 Å². The van der Waals surface area contributed by atoms with E-state index in [1.807, 2.05) is 0 Å². The molecule has 0 spiro atoms. The first-order valence-electron chi connectivity index (χ1n) is 4.64. The van der Waals surface area contributed by atoms with Crippen molar-refractivity contribution in [3.05, 3.63) is 28.7 Å². The molecule has 9 heteroatoms. The minimum Gasteiger partial charge on any atom is -0.369 e. The Morgan fingerprint density at radius 3 is 2.44 bits per heavy atom. The molecule has 0 amide bonds. The number of halogens is 3. The fourth-order valence-corrected chi connectivity index (χ4v) is 1.41. The number of aromatic nitrogens is 4. The van der Waals surface area contributed by atoms with E-state index in [0.717, 1.165) is 6.07 Å². The van der Waals surface area contributed by atoms with Crippen molar-refractivity contribution in [2.75, 3.05) is 5.73 Å². The van der Waals surface area contributed by atoms with Gasteiger partial charge >= 0.3 is 6.18 Å². The van der Waals surface area contributed by atoms with Crippen molar-refractivity contribution in [1.29, 1.82) is 0 Å². The number of aromatic amines is 1. The van der Waals surface area contributed by atoms with Crippen molar-refractivity contribution in [2.45, 2.75) is 6.18 Å². The number of rotatable bonds is 1. The van der Waals surface area contributed by atoms with E-state index in [-0.39, 0.29) is 22.2 Å². The fraction of sp³-hybridized carbons (Fsp3) is 0.111. The molecule has 3 N–H and O–H groups in total. The summed E-state index contributed by atoms with van der Waals surface area (Å²) in [6.45, 7) is 0. The lowest BCUT2D eigenvalue weighted by Crippen LogP contribution is -2.06. The molecule has 0 aliphatic rings. The van der Waals surface area contributed by atoms with Gasteiger partial charge in [0.1, 0.15) is 5.69 Å². The predicted octanol–water partition coefficient (Wildman–Crippen LogP) is 2.20. The maximum Gasteiger partial charge on any atom is 0.417 e. The summed E-state index contributed by atoms with van der Waals surface area (Å²) in [5.74, 6) is 0.188. The molecule has 0 bridgehead atoms. The molecule has 0 aliphatic carbocycles. The molecule has 0 aromatic carbocycles. The van der Waals surface area contributed by atoms with Crippen molar-refractivity contribution in [2.24, 2.45) is 0 Å². The molecule has 0 aliphatic heterocycles. The van der Waals surface area contributed by atoms with Gasteiger partial charge in [-0.1, -0.05) is 0 Å². The monoisotopic (exact) mass is 273 g/mol. The van der Waals surface area contributed by atoms with Gasteiger partial charge in [-0.05, 0) is 24.4 Å². The number of nitrogens with one attached hydrogen (secondary N) is 1. The van der Waals surface area contributed by atoms with Crippen LogP contribution in [0, 0.1) is 4.77 Å². The van der Waals surface area contributed by atoms with Crippen LogP contribution >= 0.6 is 12.2 Å². The van der Waals surface area contributed by atoms with Crippen LogP contribution in [0.2, 0.25) is 0 Å². The Labute approximate surface area is 104 Å². The second-order valence-corrected chi connectivity index (χ2v) is 3.66. The molecule has 5 nitrogen and oxygen atoms in total. The van der Waals surface area contributed by atoms with Crippen molar-refractivity contribution < 1.29 is 13.2 Å². The summed E-state index contributed by atoms with van der Waals surface area (Å²) in [4.78, 5) is 13.7. The summed E-state index contributed by atoms with van der Waals surface area (Å²) >= 11 is 4.74. The van der Waals surface area contributed by atoms with Crippen LogP contribution in [0.25, 0.3) is 11.5 Å². The molecule has 0 saturated carbocycles. The second-order valence-electron chi connectivity index (χ2n) is 3.29. The largest absolute Gasteiger partial charge is 0.417 e. The van der Waals surface area contributed by atoms with E-state index in [1.54, 1.807) is 0 Å². The van der Waals surface area contributed by atoms with Gasteiger partial charge in [-0.25, -0.2) is 0 Å². The zero-order valence-corrected chi connectivity index (χ0v) is 9.51. The molecule has 0 saturated heterocycles. The molecular weight excluding hydrogens is 267 g/mol. The standard InChI is InChI=1S/C9H6F3N5S/c10-9(11,12)4-1-2-5(14-3-4)6-15-7(13)17-8(18)16-6/h1-3H,(H3,13,15,16,17,18). The van der Waals surface area contributed by atoms with E-state index in [2.05, 4.69) is 19.9 Å². The van der Waals surface area contributed by atoms with Crippen molar-refractivity contribution in [3.8, 4) is 11.5 Å². The summed E-state index contributed by atoms with van der Waals surface area (Å²) in [7, 11) is 0. The van der Waals surface area contributed by atoms with E-state index < -0.39 is 11.7 Å². The third-order valence-corrected chi connectivity index (χ3v) is 2.19. The number of alkyl halides is 3. The molecule has 2 heterocycles. The van der Waals surface area contributed by atoms with Gasteiger partial charge in [0.15, 0.2) is 5.82 Å². The molecular formula is C9H6F3N5S. The zero-order chi connectivity index (χ0) is 13.3. The molecule has 2 aromatic heterocycles. The van der Waals surface area contributed by atoms with Crippen molar-refractivity contribution in [1.82, 2.24) is 19.9 Å². The van der Waals surface area contributed by atoms with E-state index >= 15 is 0 Å². The average molecular weight is 273 g/mol. The lowest BCUT2D eigenvalue weighted by molar-refractivity contribution is -0.137. The Kier molecular flexibility index (Phi) is 2.99. The van der Waals surface area contributed by atoms with Gasteiger partial charge in [-0.3, -0.25) is 4.98 Å². The van der Waals surface area contributed by atoms with Crippen LogP contribution in [0.5, 0.6) is 0 Å². The molecule has 2 aromatic rings. The topological polar surface area (TPSA) is 80.5 Å². The van der Waals surface area contributed by atoms with Crippen molar-refractivity contribution >= 4 is 18.2 Å². The molecule has 18 heavy (non-hydrogen) atoms. The summed E-state index contributed by atoms with van der Waals surface area (Å²) in [5.41, 5.74) is 4.77. The van der Waals surface area contributed by atoms with Crippen LogP contribution in [-0.2, 0) is 6.18 Å². The van der Waals surface area contributed by atoms with Gasteiger partial charge < -0.3 is 10.7 Å². The van der Waals surface area contributed by atoms with Crippen LogP contribution in [0.4, 0.5) is 19.1 Å². The van der Waals surface area contributed by atoms with Gasteiger partial charge in [0.25, 0.3) is 0 Å². The van der Waals surface area contributed by atoms with Gasteiger partial charge in [-0.2, -0.15) is 23.1 Å². The summed E-state index contributed by atoms with van der Waals surface area (Å²) in [6.07, 6.45) is -3.71. The van der Waals surface area contributed by atoms with Crippen LogP contribution in [0.3, 0.4) is 0 Å². The number of hydrogen-bond acceptors (Lipinski definition) is 5. The zero-order valence-electron chi connectivity index (χ0n) is 8.69. The Morgan fingerprint density at radius 2 is 1.94 bits per heavy atom. The maximum atomic E-state index is 12.3. The SMILES string of the molecule is Nc1nc(=S)nc(-c2ccc(C(F)(F)F)cn2)[nH]1. The molecule has 94 valence electrons. The Hall–Kier alpha value is -2.03. The van der Waals surface area contributed by atoms with Crippen LogP contribution in [0.15, 0.2) is 18.3 Å². The summed E-state index contributed by atoms with van der Waals surface area (Å²) < 4.78 is 37.0. The van der Waals surface area contributed by atoms with Gasteiger partial charge in [0.2, 0.25) is 10.7 Å². The second kappa shape index (κ2) is 4.33. The minimum atomic E-state index is -4.43. The van der Waals surface area contributed by atoms with Crippen LogP contribution < -0.4 is 5.73 Å². The van der Waals surface area contributed by atoms with Gasteiger partial charge in [0, 0.05) is 6.20 Å². The molecule has 0 radical (unpaired) electrons. The van der Waals surface area contributed by atoms with Gasteiger partial charge in [0.05, 0.1) is 5.56 Å². The third-order valence-electron chi connectivity index (χ3n) is 2.00. The highest BCUT2D eigenvalue weighted by Gasteiger charge is 2.30. The number of H-pyrrole nitrogens is 1. The van der Waals surface area contributed by atoms with E-state index in [0.29, 0.717) is 6.20 Å². The highest BCUT2D eigenvalue weighted by atomic mass is 32.1. The number of pyridine rings is 1. The number of nitrogen functional groups attached to an aromatic ring is 1. The molecule has 0 fully saturated rings. The molecule has 0 unspecified atom stereocenters. The number of anilines is 1. The summed E-state index contributed by atoms with van der Waals surface area (Å²) in [6, 6.07) is 2.08. The predicted molar refractivity (Wildman–Crippen MR) is 59.9 cm³/mol. The lowest BCUT2D eigenvalue weighted by atomic mass is 10.2. The normalized spacial score (nSPS) is 11.5. The number of nitrogens with zero attached hydrogens (tertiary/aromatic N) is 3. The third kappa shape index (κ3) is 2.62. The maximum absolute atomic E-state index is 12.3. The Morgan fingerprint density at radius 1 is 1.22 bits per heavy atom. The van der Waals surface area contributed by atoms with E-state index in [9.17, 15) is 13.2 Å². The first kappa shape index (κ1) is 12.4. The molecule has 2 rings (SSSR count). The highest BCUT2D eigenvalue weighted by molar-refractivity contribution is 7.71. The fourth-order valence-electron chi connectivity index (χ4n) is 1.22. The quantitative estimate of drug-likeness (QED) is 0.778. The van der Waals surface area contributed by atoms with E-state index in [1.165, 1.54) is 6.07 Å². The van der Waals surface area contributed by atoms with E-state index in [4.69, 9.17) is 18.0 Å². The first-order chi connectivity index (χ1) is 8.36. The first-order valence-corrected chi connectivity index (χ1v) is 5.04. The van der Waals surface area contributed by atoms with Gasteiger partial charge in [-0.15, -0.1) is 0 Å². The lowest BCUT2D eigenvalue weighted by Gasteiger charge is -2.06. The smallest absolute Gasteiger partial charge is 0.369 e. The number of nitrogens with two attached hydrogens (primary N) is 1. The Balaban J connectivity index is 2.43. The highest BCUT2D eigenvalue weighted by Crippen LogP contribution is 2.29. The number of hydrogen-bond donors (Lipinski definition) is 2. The van der Waals surface area contributed by atoms with Crippen LogP contribution in [0.1, 0.15) is 5.56 Å². The molecule has 0 atom stereocenters. The minimum absolute atomic E-state index is 0.0112.